The van der Waals surface area contributed by atoms with Gasteiger partial charge in [0, 0.05) is 32.7 Å². The van der Waals surface area contributed by atoms with E-state index in [9.17, 15) is 4.79 Å². The fraction of sp³-hybridized carbons (Fsp3) is 0.579. The van der Waals surface area contributed by atoms with Crippen LogP contribution < -0.4 is 10.6 Å². The van der Waals surface area contributed by atoms with E-state index in [4.69, 9.17) is 9.47 Å². The van der Waals surface area contributed by atoms with Gasteiger partial charge >= 0.3 is 5.97 Å². The second-order valence-corrected chi connectivity index (χ2v) is 5.99. The van der Waals surface area contributed by atoms with Crippen LogP contribution in [-0.2, 0) is 16.0 Å². The highest BCUT2D eigenvalue weighted by Crippen LogP contribution is 2.07. The van der Waals surface area contributed by atoms with E-state index in [1.165, 1.54) is 0 Å². The Morgan fingerprint density at radius 3 is 2.58 bits per heavy atom. The minimum Gasteiger partial charge on any atom is -0.462 e. The van der Waals surface area contributed by atoms with Crippen LogP contribution in [0.25, 0.3) is 0 Å². The molecule has 1 aliphatic heterocycles. The summed E-state index contributed by atoms with van der Waals surface area (Å²) in [6.45, 7) is 11.0. The van der Waals surface area contributed by atoms with Crippen LogP contribution in [0.3, 0.4) is 0 Å². The van der Waals surface area contributed by atoms with E-state index in [0.29, 0.717) is 18.7 Å². The first-order valence-electron chi connectivity index (χ1n) is 9.31. The molecule has 0 aliphatic carbocycles. The highest BCUT2D eigenvalue weighted by atomic mass is 16.5. The minimum absolute atomic E-state index is 0.291. The van der Waals surface area contributed by atoms with Crippen molar-refractivity contribution in [2.75, 3.05) is 52.5 Å². The van der Waals surface area contributed by atoms with Crippen LogP contribution in [0.15, 0.2) is 29.3 Å². The summed E-state index contributed by atoms with van der Waals surface area (Å²) in [5.41, 5.74) is 1.61. The number of nitrogens with one attached hydrogen (secondary N) is 2. The molecule has 0 radical (unpaired) electrons. The number of benzene rings is 1. The number of carbonyl (C=O) groups is 1. The maximum Gasteiger partial charge on any atom is 0.338 e. The molecular formula is C19H30N4O3. The van der Waals surface area contributed by atoms with Gasteiger partial charge < -0.3 is 20.1 Å². The van der Waals surface area contributed by atoms with Gasteiger partial charge in [-0.15, -0.1) is 0 Å². The number of carbonyl (C=O) groups excluding carboxylic acids is 1. The van der Waals surface area contributed by atoms with Gasteiger partial charge in [-0.05, 0) is 31.5 Å². The van der Waals surface area contributed by atoms with E-state index in [2.05, 4.69) is 20.5 Å². The number of aliphatic imine (C=N–C) groups is 1. The molecule has 1 aromatic carbocycles. The summed E-state index contributed by atoms with van der Waals surface area (Å²) in [5, 5.41) is 6.63. The second-order valence-electron chi connectivity index (χ2n) is 5.99. The van der Waals surface area contributed by atoms with Gasteiger partial charge in [0.1, 0.15) is 0 Å². The fourth-order valence-corrected chi connectivity index (χ4v) is 2.63. The van der Waals surface area contributed by atoms with Gasteiger partial charge in [-0.2, -0.15) is 0 Å². The lowest BCUT2D eigenvalue weighted by molar-refractivity contribution is 0.0389. The quantitative estimate of drug-likeness (QED) is 0.412. The van der Waals surface area contributed by atoms with Crippen LogP contribution in [-0.4, -0.2) is 69.4 Å². The summed E-state index contributed by atoms with van der Waals surface area (Å²) in [6, 6.07) is 7.38. The zero-order chi connectivity index (χ0) is 18.6. The van der Waals surface area contributed by atoms with Gasteiger partial charge in [0.25, 0.3) is 0 Å². The van der Waals surface area contributed by atoms with E-state index in [-0.39, 0.29) is 5.97 Å². The van der Waals surface area contributed by atoms with Crippen LogP contribution in [0.2, 0.25) is 0 Å². The molecule has 26 heavy (non-hydrogen) atoms. The van der Waals surface area contributed by atoms with Crippen LogP contribution in [0.5, 0.6) is 0 Å². The van der Waals surface area contributed by atoms with Crippen LogP contribution in [0, 0.1) is 0 Å². The predicted molar refractivity (Wildman–Crippen MR) is 102 cm³/mol. The molecule has 1 fully saturated rings. The Hall–Kier alpha value is -2.12. The molecule has 7 nitrogen and oxygen atoms in total. The van der Waals surface area contributed by atoms with Gasteiger partial charge in [-0.25, -0.2) is 9.79 Å². The van der Waals surface area contributed by atoms with Crippen molar-refractivity contribution in [3.05, 3.63) is 35.4 Å². The van der Waals surface area contributed by atoms with Gasteiger partial charge in [-0.1, -0.05) is 12.1 Å². The lowest BCUT2D eigenvalue weighted by atomic mass is 10.1. The van der Waals surface area contributed by atoms with Crippen molar-refractivity contribution >= 4 is 11.9 Å². The van der Waals surface area contributed by atoms with Crippen LogP contribution >= 0.6 is 0 Å². The number of rotatable bonds is 8. The molecule has 0 amide bonds. The third kappa shape index (κ3) is 7.01. The molecule has 1 aliphatic rings. The number of guanidine groups is 1. The first kappa shape index (κ1) is 20.2. The summed E-state index contributed by atoms with van der Waals surface area (Å²) in [5.74, 6) is 0.510. The molecule has 0 unspecified atom stereocenters. The summed E-state index contributed by atoms with van der Waals surface area (Å²) in [4.78, 5) is 18.7. The second kappa shape index (κ2) is 11.5. The third-order valence-electron chi connectivity index (χ3n) is 4.05. The van der Waals surface area contributed by atoms with Crippen LogP contribution in [0.1, 0.15) is 29.8 Å². The molecule has 144 valence electrons. The topological polar surface area (TPSA) is 75.2 Å². The Morgan fingerprint density at radius 1 is 1.19 bits per heavy atom. The van der Waals surface area contributed by atoms with Gasteiger partial charge in [0.05, 0.1) is 31.9 Å². The van der Waals surface area contributed by atoms with E-state index < -0.39 is 0 Å². The molecular weight excluding hydrogens is 332 g/mol. The highest BCUT2D eigenvalue weighted by Gasteiger charge is 2.09. The monoisotopic (exact) mass is 362 g/mol. The van der Waals surface area contributed by atoms with Crippen molar-refractivity contribution in [1.29, 1.82) is 0 Å². The third-order valence-corrected chi connectivity index (χ3v) is 4.05. The van der Waals surface area contributed by atoms with Gasteiger partial charge in [0.2, 0.25) is 0 Å². The van der Waals surface area contributed by atoms with Crippen molar-refractivity contribution in [3.63, 3.8) is 0 Å². The average molecular weight is 362 g/mol. The van der Waals surface area contributed by atoms with Gasteiger partial charge in [0.15, 0.2) is 5.96 Å². The van der Waals surface area contributed by atoms with E-state index >= 15 is 0 Å². The first-order valence-corrected chi connectivity index (χ1v) is 9.31. The Morgan fingerprint density at radius 2 is 1.92 bits per heavy atom. The Bertz CT molecular complexity index is 569. The summed E-state index contributed by atoms with van der Waals surface area (Å²) >= 11 is 0. The van der Waals surface area contributed by atoms with Crippen molar-refractivity contribution in [1.82, 2.24) is 15.5 Å². The number of hydrogen-bond acceptors (Lipinski definition) is 5. The number of nitrogens with zero attached hydrogens (tertiary/aromatic N) is 2. The Labute approximate surface area is 155 Å². The van der Waals surface area contributed by atoms with E-state index in [1.54, 1.807) is 19.1 Å². The van der Waals surface area contributed by atoms with Crippen LogP contribution in [0.4, 0.5) is 0 Å². The van der Waals surface area contributed by atoms with Crippen molar-refractivity contribution in [3.8, 4) is 0 Å². The van der Waals surface area contributed by atoms with E-state index in [1.807, 2.05) is 19.1 Å². The molecule has 0 saturated carbocycles. The lowest BCUT2D eigenvalue weighted by Crippen LogP contribution is -2.44. The summed E-state index contributed by atoms with van der Waals surface area (Å²) < 4.78 is 10.4. The Kier molecular flexibility index (Phi) is 8.92. The van der Waals surface area contributed by atoms with Gasteiger partial charge in [-0.3, -0.25) is 4.90 Å². The maximum absolute atomic E-state index is 11.7. The molecule has 1 aromatic rings. The smallest absolute Gasteiger partial charge is 0.338 e. The number of esters is 1. The summed E-state index contributed by atoms with van der Waals surface area (Å²) in [7, 11) is 0. The molecule has 0 atom stereocenters. The van der Waals surface area contributed by atoms with Crippen molar-refractivity contribution in [2.24, 2.45) is 4.99 Å². The average Bonchev–Trinajstić information content (AvgIpc) is 2.67. The fourth-order valence-electron chi connectivity index (χ4n) is 2.63. The molecule has 0 bridgehead atoms. The minimum atomic E-state index is -0.291. The van der Waals surface area contributed by atoms with Crippen molar-refractivity contribution in [2.45, 2.75) is 20.4 Å². The molecule has 1 heterocycles. The standard InChI is InChI=1S/C19H30N4O3/c1-3-20-19(21-9-10-23-11-13-25-14-12-23)22-15-16-5-7-17(8-6-16)18(24)26-4-2/h5-8H,3-4,9-15H2,1-2H3,(H2,20,21,22). The van der Waals surface area contributed by atoms with Crippen molar-refractivity contribution < 1.29 is 14.3 Å². The first-order chi connectivity index (χ1) is 12.7. The number of morpholine rings is 1. The number of ether oxygens (including phenoxy) is 2. The largest absolute Gasteiger partial charge is 0.462 e. The molecule has 1 saturated heterocycles. The highest BCUT2D eigenvalue weighted by molar-refractivity contribution is 5.89. The molecule has 0 spiro atoms. The molecule has 0 aromatic heterocycles. The zero-order valence-electron chi connectivity index (χ0n) is 15.8. The maximum atomic E-state index is 11.7. The lowest BCUT2D eigenvalue weighted by Gasteiger charge is -2.26. The molecule has 2 rings (SSSR count). The Balaban J connectivity index is 1.82. The SMILES string of the molecule is CCNC(=NCc1ccc(C(=O)OCC)cc1)NCCN1CCOCC1. The molecule has 7 heteroatoms. The normalized spacial score (nSPS) is 15.5. The summed E-state index contributed by atoms with van der Waals surface area (Å²) in [6.07, 6.45) is 0. The number of hydrogen-bond donors (Lipinski definition) is 2. The zero-order valence-corrected chi connectivity index (χ0v) is 15.8. The van der Waals surface area contributed by atoms with E-state index in [0.717, 1.165) is 57.5 Å². The molecule has 2 N–H and O–H groups in total. The predicted octanol–water partition coefficient (Wildman–Crippen LogP) is 1.25.